The van der Waals surface area contributed by atoms with E-state index in [9.17, 15) is 9.90 Å². The van der Waals surface area contributed by atoms with E-state index >= 15 is 0 Å². The zero-order valence-electron chi connectivity index (χ0n) is 19.0. The Morgan fingerprint density at radius 3 is 2.82 bits per heavy atom. The minimum Gasteiger partial charge on any atom is -0.490 e. The number of carbonyl (C=O) groups is 1. The summed E-state index contributed by atoms with van der Waals surface area (Å²) in [5.41, 5.74) is 2.66. The summed E-state index contributed by atoms with van der Waals surface area (Å²) in [5.74, 6) is 0.987. The van der Waals surface area contributed by atoms with E-state index in [0.717, 1.165) is 27.9 Å². The topological polar surface area (TPSA) is 108 Å². The van der Waals surface area contributed by atoms with Crippen LogP contribution in [0.15, 0.2) is 30.6 Å². The van der Waals surface area contributed by atoms with E-state index in [1.165, 1.54) is 6.92 Å². The number of nitrogens with one attached hydrogen (secondary N) is 1. The quantitative estimate of drug-likeness (QED) is 0.592. The second-order valence-corrected chi connectivity index (χ2v) is 8.86. The second kappa shape index (κ2) is 8.40. The SMILES string of the molecule is CO[C@]1(c2cc(OC3CC(O)C3)cc(-c3cn(C)c4cnc(NC(C)=O)cc34)n2)CCOC1. The minimum atomic E-state index is -0.638. The Hall–Kier alpha value is -3.01. The number of amides is 1. The molecule has 0 unspecified atom stereocenters. The molecule has 0 spiro atoms. The summed E-state index contributed by atoms with van der Waals surface area (Å²) in [6.07, 6.45) is 5.34. The maximum atomic E-state index is 11.5. The van der Waals surface area contributed by atoms with Gasteiger partial charge in [0.2, 0.25) is 5.91 Å². The van der Waals surface area contributed by atoms with Gasteiger partial charge in [-0.1, -0.05) is 0 Å². The number of methoxy groups -OCH3 is 1. The molecule has 2 N–H and O–H groups in total. The first-order valence-electron chi connectivity index (χ1n) is 11.1. The van der Waals surface area contributed by atoms with Gasteiger partial charge in [0, 0.05) is 76.2 Å². The first-order valence-corrected chi connectivity index (χ1v) is 11.1. The summed E-state index contributed by atoms with van der Waals surface area (Å²) >= 11 is 0. The molecular weight excluding hydrogens is 424 g/mol. The number of aliphatic hydroxyl groups excluding tert-OH is 1. The highest BCUT2D eigenvalue weighted by Crippen LogP contribution is 2.39. The summed E-state index contributed by atoms with van der Waals surface area (Å²) in [5, 5.41) is 13.3. The Morgan fingerprint density at radius 1 is 1.33 bits per heavy atom. The molecule has 4 heterocycles. The fourth-order valence-corrected chi connectivity index (χ4v) is 4.52. The standard InChI is InChI=1S/C24H28N4O5/c1-14(29)26-23-10-18-19(12-28(2)21(18)11-25-23)20-8-17(33-16-6-15(30)7-16)9-22(27-20)24(31-3)4-5-32-13-24/h8-12,15-16,30H,4-7,13H2,1-3H3,(H,25,26,29)/t15?,16?,24-/m1/s1. The van der Waals surface area contributed by atoms with Gasteiger partial charge >= 0.3 is 0 Å². The molecule has 0 aromatic carbocycles. The predicted octanol–water partition coefficient (Wildman–Crippen LogP) is 2.76. The maximum absolute atomic E-state index is 11.5. The summed E-state index contributed by atoms with van der Waals surface area (Å²) < 4.78 is 19.7. The van der Waals surface area contributed by atoms with E-state index in [1.54, 1.807) is 13.3 Å². The lowest BCUT2D eigenvalue weighted by Gasteiger charge is -2.32. The number of aryl methyl sites for hydroxylation is 1. The molecule has 1 aliphatic carbocycles. The lowest BCUT2D eigenvalue weighted by Crippen LogP contribution is -2.37. The average molecular weight is 453 g/mol. The van der Waals surface area contributed by atoms with Gasteiger partial charge in [-0.3, -0.25) is 4.79 Å². The third-order valence-corrected chi connectivity index (χ3v) is 6.47. The van der Waals surface area contributed by atoms with Crippen LogP contribution in [0.3, 0.4) is 0 Å². The second-order valence-electron chi connectivity index (χ2n) is 8.86. The van der Waals surface area contributed by atoms with Gasteiger partial charge in [0.15, 0.2) is 0 Å². The van der Waals surface area contributed by atoms with Crippen LogP contribution in [0.1, 0.15) is 31.9 Å². The molecule has 2 fully saturated rings. The molecule has 5 rings (SSSR count). The van der Waals surface area contributed by atoms with Crippen LogP contribution in [0.2, 0.25) is 0 Å². The molecule has 2 aliphatic rings. The van der Waals surface area contributed by atoms with Gasteiger partial charge in [0.05, 0.1) is 35.8 Å². The molecule has 9 nitrogen and oxygen atoms in total. The fourth-order valence-electron chi connectivity index (χ4n) is 4.52. The number of carbonyl (C=O) groups excluding carboxylic acids is 1. The highest BCUT2D eigenvalue weighted by molar-refractivity contribution is 5.98. The molecule has 1 saturated heterocycles. The minimum absolute atomic E-state index is 0.0236. The Balaban J connectivity index is 1.62. The van der Waals surface area contributed by atoms with Crippen molar-refractivity contribution in [1.29, 1.82) is 0 Å². The molecule has 3 aromatic rings. The summed E-state index contributed by atoms with van der Waals surface area (Å²) in [7, 11) is 3.62. The van der Waals surface area contributed by atoms with Crippen molar-refractivity contribution in [2.45, 2.75) is 44.0 Å². The molecule has 9 heteroatoms. The smallest absolute Gasteiger partial charge is 0.222 e. The average Bonchev–Trinajstić information content (AvgIpc) is 3.38. The van der Waals surface area contributed by atoms with Crippen LogP contribution in [0, 0.1) is 0 Å². The predicted molar refractivity (Wildman–Crippen MR) is 122 cm³/mol. The van der Waals surface area contributed by atoms with Crippen molar-refractivity contribution in [3.05, 3.63) is 36.3 Å². The number of hydrogen-bond acceptors (Lipinski definition) is 7. The van der Waals surface area contributed by atoms with Crippen molar-refractivity contribution in [2.75, 3.05) is 25.6 Å². The van der Waals surface area contributed by atoms with Crippen LogP contribution in [-0.4, -0.2) is 58.1 Å². The summed E-state index contributed by atoms with van der Waals surface area (Å²) in [4.78, 5) is 20.9. The number of nitrogens with zero attached hydrogens (tertiary/aromatic N) is 3. The molecule has 33 heavy (non-hydrogen) atoms. The van der Waals surface area contributed by atoms with E-state index in [-0.39, 0.29) is 18.1 Å². The first-order chi connectivity index (χ1) is 15.9. The zero-order chi connectivity index (χ0) is 23.2. The number of aliphatic hydroxyl groups is 1. The third-order valence-electron chi connectivity index (χ3n) is 6.47. The Morgan fingerprint density at radius 2 is 2.15 bits per heavy atom. The normalized spacial score (nSPS) is 24.6. The van der Waals surface area contributed by atoms with Gasteiger partial charge in [-0.25, -0.2) is 9.97 Å². The third kappa shape index (κ3) is 4.07. The van der Waals surface area contributed by atoms with Crippen LogP contribution in [0.25, 0.3) is 22.2 Å². The Kier molecular flexibility index (Phi) is 5.55. The van der Waals surface area contributed by atoms with Crippen LogP contribution in [0.5, 0.6) is 5.75 Å². The highest BCUT2D eigenvalue weighted by atomic mass is 16.5. The van der Waals surface area contributed by atoms with Gasteiger partial charge in [0.25, 0.3) is 0 Å². The summed E-state index contributed by atoms with van der Waals surface area (Å²) in [6, 6.07) is 5.69. The number of ether oxygens (including phenoxy) is 3. The van der Waals surface area contributed by atoms with Crippen LogP contribution in [0.4, 0.5) is 5.82 Å². The van der Waals surface area contributed by atoms with E-state index in [1.807, 2.05) is 36.0 Å². The molecule has 1 aliphatic heterocycles. The number of fused-ring (bicyclic) bond motifs is 1. The maximum Gasteiger partial charge on any atom is 0.222 e. The van der Waals surface area contributed by atoms with Crippen LogP contribution in [-0.2, 0) is 26.9 Å². The number of pyridine rings is 2. The molecule has 1 atom stereocenters. The summed E-state index contributed by atoms with van der Waals surface area (Å²) in [6.45, 7) is 2.48. The molecule has 0 radical (unpaired) electrons. The van der Waals surface area contributed by atoms with Crippen molar-refractivity contribution in [3.63, 3.8) is 0 Å². The van der Waals surface area contributed by atoms with Crippen LogP contribution >= 0.6 is 0 Å². The van der Waals surface area contributed by atoms with Crippen molar-refractivity contribution in [2.24, 2.45) is 7.05 Å². The van der Waals surface area contributed by atoms with E-state index in [4.69, 9.17) is 19.2 Å². The fraction of sp³-hybridized carbons (Fsp3) is 0.458. The van der Waals surface area contributed by atoms with Crippen molar-refractivity contribution >= 4 is 22.6 Å². The number of rotatable bonds is 6. The molecule has 174 valence electrons. The molecule has 0 bridgehead atoms. The number of hydrogen-bond donors (Lipinski definition) is 2. The molecule has 1 amide bonds. The van der Waals surface area contributed by atoms with Gasteiger partial charge in [-0.15, -0.1) is 0 Å². The lowest BCUT2D eigenvalue weighted by molar-refractivity contribution is -0.114. The number of anilines is 1. The highest BCUT2D eigenvalue weighted by Gasteiger charge is 2.39. The Bertz CT molecular complexity index is 1200. The number of aromatic nitrogens is 3. The van der Waals surface area contributed by atoms with Gasteiger partial charge < -0.3 is 29.2 Å². The molecule has 3 aromatic heterocycles. The van der Waals surface area contributed by atoms with E-state index < -0.39 is 5.60 Å². The Labute approximate surface area is 191 Å². The van der Waals surface area contributed by atoms with Crippen molar-refractivity contribution in [3.8, 4) is 17.0 Å². The van der Waals surface area contributed by atoms with Gasteiger partial charge in [-0.2, -0.15) is 0 Å². The lowest BCUT2D eigenvalue weighted by atomic mass is 9.92. The van der Waals surface area contributed by atoms with E-state index in [0.29, 0.717) is 44.0 Å². The first kappa shape index (κ1) is 21.8. The zero-order valence-corrected chi connectivity index (χ0v) is 19.0. The van der Waals surface area contributed by atoms with Crippen molar-refractivity contribution < 1.29 is 24.1 Å². The molecule has 1 saturated carbocycles. The van der Waals surface area contributed by atoms with E-state index in [2.05, 4.69) is 10.3 Å². The largest absolute Gasteiger partial charge is 0.490 e. The van der Waals surface area contributed by atoms with Gasteiger partial charge in [0.1, 0.15) is 23.3 Å². The molecular formula is C24H28N4O5. The van der Waals surface area contributed by atoms with Crippen molar-refractivity contribution in [1.82, 2.24) is 14.5 Å². The van der Waals surface area contributed by atoms with Gasteiger partial charge in [-0.05, 0) is 6.07 Å². The monoisotopic (exact) mass is 452 g/mol. The van der Waals surface area contributed by atoms with Crippen LogP contribution < -0.4 is 10.1 Å².